The molecule has 1 aliphatic heterocycles. The van der Waals surface area contributed by atoms with E-state index in [1.807, 2.05) is 11.0 Å². The number of nitrogens with zero attached hydrogens (tertiary/aromatic N) is 1. The topological polar surface area (TPSA) is 66.8 Å². The third-order valence-electron chi connectivity index (χ3n) is 3.49. The number of aliphatic carboxylic acids is 1. The van der Waals surface area contributed by atoms with E-state index >= 15 is 0 Å². The van der Waals surface area contributed by atoms with E-state index in [2.05, 4.69) is 6.92 Å². The predicted octanol–water partition coefficient (Wildman–Crippen LogP) is 2.16. The zero-order valence-corrected chi connectivity index (χ0v) is 12.2. The van der Waals surface area contributed by atoms with Gasteiger partial charge in [0, 0.05) is 31.1 Å². The molecule has 1 atom stereocenters. The molecule has 0 saturated carbocycles. The lowest BCUT2D eigenvalue weighted by molar-refractivity contribution is -0.131. The smallest absolute Gasteiger partial charge is 0.328 e. The third kappa shape index (κ3) is 3.84. The number of ether oxygens (including phenoxy) is 1. The summed E-state index contributed by atoms with van der Waals surface area (Å²) >= 11 is 0. The highest BCUT2D eigenvalue weighted by molar-refractivity contribution is 5.85. The average molecular weight is 289 g/mol. The lowest BCUT2D eigenvalue weighted by Gasteiger charge is -2.18. The average Bonchev–Trinajstić information content (AvgIpc) is 2.75. The molecular weight excluding hydrogens is 270 g/mol. The fraction of sp³-hybridized carbons (Fsp3) is 0.375. The van der Waals surface area contributed by atoms with Crippen LogP contribution in [0.1, 0.15) is 24.5 Å². The Morgan fingerprint density at radius 2 is 2.29 bits per heavy atom. The van der Waals surface area contributed by atoms with Crippen molar-refractivity contribution in [1.82, 2.24) is 4.90 Å². The molecule has 1 aliphatic rings. The minimum atomic E-state index is -0.990. The highest BCUT2D eigenvalue weighted by Gasteiger charge is 2.26. The molecular formula is C16H19NO4. The number of benzene rings is 1. The minimum Gasteiger partial charge on any atom is -0.496 e. The Balaban J connectivity index is 2.22. The van der Waals surface area contributed by atoms with Crippen LogP contribution in [-0.4, -0.2) is 35.5 Å². The molecule has 1 amide bonds. The first-order valence-electron chi connectivity index (χ1n) is 6.85. The zero-order chi connectivity index (χ0) is 15.4. The van der Waals surface area contributed by atoms with Crippen LogP contribution in [0.5, 0.6) is 5.75 Å². The van der Waals surface area contributed by atoms with Gasteiger partial charge >= 0.3 is 5.97 Å². The van der Waals surface area contributed by atoms with Crippen LogP contribution in [0.3, 0.4) is 0 Å². The number of carbonyl (C=O) groups excluding carboxylic acids is 1. The molecule has 5 nitrogen and oxygen atoms in total. The van der Waals surface area contributed by atoms with Crippen molar-refractivity contribution >= 4 is 18.0 Å². The number of hydrogen-bond donors (Lipinski definition) is 1. The van der Waals surface area contributed by atoms with Gasteiger partial charge in [-0.3, -0.25) is 4.79 Å². The van der Waals surface area contributed by atoms with E-state index in [0.717, 1.165) is 23.7 Å². The molecule has 0 spiro atoms. The van der Waals surface area contributed by atoms with Gasteiger partial charge < -0.3 is 14.7 Å². The largest absolute Gasteiger partial charge is 0.496 e. The van der Waals surface area contributed by atoms with Crippen molar-refractivity contribution in [1.29, 1.82) is 0 Å². The van der Waals surface area contributed by atoms with Crippen LogP contribution in [0, 0.1) is 5.92 Å². The standard InChI is InChI=1S/C16H19NO4/c1-11-7-15(18)17(9-11)10-13-8-12(4-6-16(19)20)3-5-14(13)21-2/h3-6,8,11H,7,9-10H2,1-2H3,(H,19,20). The first-order valence-corrected chi connectivity index (χ1v) is 6.85. The van der Waals surface area contributed by atoms with E-state index < -0.39 is 5.97 Å². The van der Waals surface area contributed by atoms with Gasteiger partial charge in [0.2, 0.25) is 5.91 Å². The molecule has 1 aromatic rings. The summed E-state index contributed by atoms with van der Waals surface area (Å²) in [5, 5.41) is 8.67. The number of hydrogen-bond acceptors (Lipinski definition) is 3. The molecule has 0 aliphatic carbocycles. The summed E-state index contributed by atoms with van der Waals surface area (Å²) in [7, 11) is 1.58. The summed E-state index contributed by atoms with van der Waals surface area (Å²) in [6.45, 7) is 3.29. The van der Waals surface area contributed by atoms with Gasteiger partial charge in [-0.05, 0) is 29.7 Å². The van der Waals surface area contributed by atoms with Gasteiger partial charge in [0.1, 0.15) is 5.75 Å². The number of likely N-dealkylation sites (tertiary alicyclic amines) is 1. The number of methoxy groups -OCH3 is 1. The summed E-state index contributed by atoms with van der Waals surface area (Å²) < 4.78 is 5.32. The first-order chi connectivity index (χ1) is 9.99. The van der Waals surface area contributed by atoms with E-state index in [1.165, 1.54) is 6.08 Å². The Morgan fingerprint density at radius 3 is 2.86 bits per heavy atom. The molecule has 1 saturated heterocycles. The predicted molar refractivity (Wildman–Crippen MR) is 78.9 cm³/mol. The summed E-state index contributed by atoms with van der Waals surface area (Å²) in [4.78, 5) is 24.3. The molecule has 1 heterocycles. The Labute approximate surface area is 123 Å². The van der Waals surface area contributed by atoms with E-state index in [4.69, 9.17) is 9.84 Å². The van der Waals surface area contributed by atoms with E-state index in [9.17, 15) is 9.59 Å². The number of carboxylic acids is 1. The molecule has 0 aromatic heterocycles. The van der Waals surface area contributed by atoms with Crippen molar-refractivity contribution in [3.63, 3.8) is 0 Å². The Bertz CT molecular complexity index is 580. The highest BCUT2D eigenvalue weighted by Crippen LogP contribution is 2.26. The number of carbonyl (C=O) groups is 2. The van der Waals surface area contributed by atoms with Crippen LogP contribution in [-0.2, 0) is 16.1 Å². The van der Waals surface area contributed by atoms with Gasteiger partial charge in [0.25, 0.3) is 0 Å². The monoisotopic (exact) mass is 289 g/mol. The van der Waals surface area contributed by atoms with Gasteiger partial charge in [0.15, 0.2) is 0 Å². The summed E-state index contributed by atoms with van der Waals surface area (Å²) in [5.41, 5.74) is 1.65. The molecule has 0 bridgehead atoms. The van der Waals surface area contributed by atoms with E-state index in [0.29, 0.717) is 24.6 Å². The lowest BCUT2D eigenvalue weighted by atomic mass is 10.1. The van der Waals surface area contributed by atoms with Crippen molar-refractivity contribution < 1.29 is 19.4 Å². The maximum atomic E-state index is 11.9. The maximum absolute atomic E-state index is 11.9. The maximum Gasteiger partial charge on any atom is 0.328 e. The molecule has 21 heavy (non-hydrogen) atoms. The number of amides is 1. The quantitative estimate of drug-likeness (QED) is 0.844. The normalized spacial score (nSPS) is 18.5. The van der Waals surface area contributed by atoms with Crippen molar-refractivity contribution in [2.75, 3.05) is 13.7 Å². The van der Waals surface area contributed by atoms with Gasteiger partial charge in [0.05, 0.1) is 7.11 Å². The van der Waals surface area contributed by atoms with E-state index in [1.54, 1.807) is 19.2 Å². The molecule has 112 valence electrons. The van der Waals surface area contributed by atoms with Crippen molar-refractivity contribution in [3.05, 3.63) is 35.4 Å². The summed E-state index contributed by atoms with van der Waals surface area (Å²) in [5.74, 6) is 0.236. The number of rotatable bonds is 5. The molecule has 0 radical (unpaired) electrons. The van der Waals surface area contributed by atoms with Crippen LogP contribution < -0.4 is 4.74 Å². The summed E-state index contributed by atoms with van der Waals surface area (Å²) in [6, 6.07) is 5.44. The minimum absolute atomic E-state index is 0.149. The molecule has 1 unspecified atom stereocenters. The lowest BCUT2D eigenvalue weighted by Crippen LogP contribution is -2.24. The van der Waals surface area contributed by atoms with Gasteiger partial charge in [-0.2, -0.15) is 0 Å². The first kappa shape index (κ1) is 15.1. The van der Waals surface area contributed by atoms with Gasteiger partial charge in [-0.1, -0.05) is 13.0 Å². The molecule has 5 heteroatoms. The van der Waals surface area contributed by atoms with Gasteiger partial charge in [-0.15, -0.1) is 0 Å². The number of carboxylic acid groups (broad SMARTS) is 1. The van der Waals surface area contributed by atoms with Crippen LogP contribution in [0.2, 0.25) is 0 Å². The second-order valence-corrected chi connectivity index (χ2v) is 5.33. The Hall–Kier alpha value is -2.30. The SMILES string of the molecule is COc1ccc(C=CC(=O)O)cc1CN1CC(C)CC1=O. The second kappa shape index (κ2) is 6.43. The Morgan fingerprint density at radius 1 is 1.52 bits per heavy atom. The van der Waals surface area contributed by atoms with Gasteiger partial charge in [-0.25, -0.2) is 4.79 Å². The molecule has 2 rings (SSSR count). The zero-order valence-electron chi connectivity index (χ0n) is 12.2. The van der Waals surface area contributed by atoms with Crippen molar-refractivity contribution in [3.8, 4) is 5.75 Å². The highest BCUT2D eigenvalue weighted by atomic mass is 16.5. The molecule has 1 fully saturated rings. The van der Waals surface area contributed by atoms with Crippen LogP contribution in [0.15, 0.2) is 24.3 Å². The molecule has 1 aromatic carbocycles. The van der Waals surface area contributed by atoms with Crippen LogP contribution in [0.4, 0.5) is 0 Å². The van der Waals surface area contributed by atoms with Crippen molar-refractivity contribution in [2.24, 2.45) is 5.92 Å². The Kier molecular flexibility index (Phi) is 4.62. The fourth-order valence-corrected chi connectivity index (χ4v) is 2.52. The second-order valence-electron chi connectivity index (χ2n) is 5.33. The third-order valence-corrected chi connectivity index (χ3v) is 3.49. The fourth-order valence-electron chi connectivity index (χ4n) is 2.52. The van der Waals surface area contributed by atoms with Crippen LogP contribution >= 0.6 is 0 Å². The van der Waals surface area contributed by atoms with Crippen molar-refractivity contribution in [2.45, 2.75) is 19.9 Å². The molecule has 1 N–H and O–H groups in total. The van der Waals surface area contributed by atoms with E-state index in [-0.39, 0.29) is 5.91 Å². The van der Waals surface area contributed by atoms with Crippen LogP contribution in [0.25, 0.3) is 6.08 Å². The summed E-state index contributed by atoms with van der Waals surface area (Å²) in [6.07, 6.45) is 3.20.